The molecule has 164 valence electrons. The third kappa shape index (κ3) is 4.19. The van der Waals surface area contributed by atoms with Crippen LogP contribution in [-0.4, -0.2) is 25.0 Å². The minimum absolute atomic E-state index is 0.152. The van der Waals surface area contributed by atoms with Gasteiger partial charge in [0.1, 0.15) is 23.5 Å². The van der Waals surface area contributed by atoms with Gasteiger partial charge in [-0.2, -0.15) is 0 Å². The first-order chi connectivity index (χ1) is 15.4. The summed E-state index contributed by atoms with van der Waals surface area (Å²) in [5.74, 6) is 1.18. The molecule has 3 heterocycles. The topological polar surface area (TPSA) is 112 Å². The van der Waals surface area contributed by atoms with E-state index in [-0.39, 0.29) is 24.1 Å². The van der Waals surface area contributed by atoms with Gasteiger partial charge >= 0.3 is 5.69 Å². The van der Waals surface area contributed by atoms with E-state index in [0.29, 0.717) is 22.2 Å². The Kier molecular flexibility index (Phi) is 5.91. The van der Waals surface area contributed by atoms with Gasteiger partial charge in [0.15, 0.2) is 11.5 Å². The quantitative estimate of drug-likeness (QED) is 0.480. The number of hydrogen-bond donors (Lipinski definition) is 1. The van der Waals surface area contributed by atoms with Crippen LogP contribution in [0.1, 0.15) is 18.4 Å². The van der Waals surface area contributed by atoms with Gasteiger partial charge in [0.05, 0.1) is 6.54 Å². The van der Waals surface area contributed by atoms with Crippen molar-refractivity contribution >= 4 is 28.5 Å². The molecule has 0 fully saturated rings. The van der Waals surface area contributed by atoms with Crippen LogP contribution in [0.25, 0.3) is 22.4 Å². The molecule has 4 aromatic rings. The SMILES string of the molecule is CCn1c(=O)n(CC(=O)NCc2ccc(C)o2)c(=O)c2cnc(-c3ccc(Cl)cc3)nc21. The van der Waals surface area contributed by atoms with Crippen LogP contribution in [0.2, 0.25) is 5.02 Å². The zero-order valence-corrected chi connectivity index (χ0v) is 18.2. The summed E-state index contributed by atoms with van der Waals surface area (Å²) in [6.07, 6.45) is 1.38. The number of carbonyl (C=O) groups is 1. The largest absolute Gasteiger partial charge is 0.465 e. The van der Waals surface area contributed by atoms with Gasteiger partial charge in [0, 0.05) is 23.3 Å². The number of rotatable bonds is 6. The van der Waals surface area contributed by atoms with E-state index in [1.54, 1.807) is 50.2 Å². The fourth-order valence-electron chi connectivity index (χ4n) is 3.33. The first kappa shape index (κ1) is 21.5. The number of halogens is 1. The number of nitrogens with one attached hydrogen (secondary N) is 1. The Morgan fingerprint density at radius 3 is 2.53 bits per heavy atom. The lowest BCUT2D eigenvalue weighted by Crippen LogP contribution is -2.44. The van der Waals surface area contributed by atoms with E-state index >= 15 is 0 Å². The Bertz CT molecular complexity index is 1420. The van der Waals surface area contributed by atoms with Gasteiger partial charge in [0.2, 0.25) is 5.91 Å². The van der Waals surface area contributed by atoms with E-state index in [2.05, 4.69) is 15.3 Å². The first-order valence-electron chi connectivity index (χ1n) is 9.95. The van der Waals surface area contributed by atoms with E-state index in [4.69, 9.17) is 16.0 Å². The summed E-state index contributed by atoms with van der Waals surface area (Å²) in [5.41, 5.74) is -0.329. The predicted octanol–water partition coefficient (Wildman–Crippen LogP) is 2.51. The highest BCUT2D eigenvalue weighted by Gasteiger charge is 2.17. The number of amides is 1. The van der Waals surface area contributed by atoms with Crippen LogP contribution >= 0.6 is 11.6 Å². The molecule has 9 nitrogen and oxygen atoms in total. The van der Waals surface area contributed by atoms with Gasteiger partial charge in [-0.15, -0.1) is 0 Å². The van der Waals surface area contributed by atoms with Crippen LogP contribution < -0.4 is 16.6 Å². The number of carbonyl (C=O) groups excluding carboxylic acids is 1. The molecule has 3 aromatic heterocycles. The molecule has 1 aromatic carbocycles. The molecule has 0 aliphatic heterocycles. The summed E-state index contributed by atoms with van der Waals surface area (Å²) in [6.45, 7) is 3.56. The van der Waals surface area contributed by atoms with Crippen LogP contribution in [-0.2, 0) is 24.4 Å². The Balaban J connectivity index is 1.68. The highest BCUT2D eigenvalue weighted by Crippen LogP contribution is 2.19. The van der Waals surface area contributed by atoms with Crippen molar-refractivity contribution in [2.45, 2.75) is 33.5 Å². The second kappa shape index (κ2) is 8.80. The second-order valence-electron chi connectivity index (χ2n) is 7.15. The molecule has 1 amide bonds. The Labute approximate surface area is 187 Å². The van der Waals surface area contributed by atoms with Crippen LogP contribution in [0.5, 0.6) is 0 Å². The van der Waals surface area contributed by atoms with Crippen LogP contribution in [0.4, 0.5) is 0 Å². The Hall–Kier alpha value is -3.72. The van der Waals surface area contributed by atoms with E-state index in [9.17, 15) is 14.4 Å². The van der Waals surface area contributed by atoms with Crippen molar-refractivity contribution in [3.05, 3.63) is 80.0 Å². The van der Waals surface area contributed by atoms with Gasteiger partial charge in [-0.3, -0.25) is 18.7 Å². The zero-order chi connectivity index (χ0) is 22.8. The predicted molar refractivity (Wildman–Crippen MR) is 119 cm³/mol. The molecule has 0 bridgehead atoms. The van der Waals surface area contributed by atoms with Crippen molar-refractivity contribution in [3.63, 3.8) is 0 Å². The normalized spacial score (nSPS) is 11.1. The number of hydrogen-bond acceptors (Lipinski definition) is 6. The molecule has 0 saturated heterocycles. The summed E-state index contributed by atoms with van der Waals surface area (Å²) in [4.78, 5) is 47.1. The minimum atomic E-state index is -0.624. The molecule has 32 heavy (non-hydrogen) atoms. The maximum absolute atomic E-state index is 13.0. The van der Waals surface area contributed by atoms with Crippen molar-refractivity contribution in [3.8, 4) is 11.4 Å². The third-order valence-electron chi connectivity index (χ3n) is 4.94. The highest BCUT2D eigenvalue weighted by molar-refractivity contribution is 6.30. The molecular weight excluding hydrogens is 434 g/mol. The van der Waals surface area contributed by atoms with Crippen LogP contribution in [0.3, 0.4) is 0 Å². The second-order valence-corrected chi connectivity index (χ2v) is 7.58. The van der Waals surface area contributed by atoms with E-state index in [1.165, 1.54) is 10.8 Å². The van der Waals surface area contributed by atoms with Crippen molar-refractivity contribution < 1.29 is 9.21 Å². The fourth-order valence-corrected chi connectivity index (χ4v) is 3.45. The maximum atomic E-state index is 13.0. The lowest BCUT2D eigenvalue weighted by molar-refractivity contribution is -0.122. The number of nitrogens with zero attached hydrogens (tertiary/aromatic N) is 4. The molecule has 1 N–H and O–H groups in total. The smallest absolute Gasteiger partial charge is 0.333 e. The Morgan fingerprint density at radius 1 is 1.12 bits per heavy atom. The third-order valence-corrected chi connectivity index (χ3v) is 5.19. The monoisotopic (exact) mass is 453 g/mol. The van der Waals surface area contributed by atoms with Crippen molar-refractivity contribution in [1.29, 1.82) is 0 Å². The fraction of sp³-hybridized carbons (Fsp3) is 0.227. The average molecular weight is 454 g/mol. The number of aryl methyl sites for hydroxylation is 2. The zero-order valence-electron chi connectivity index (χ0n) is 17.5. The van der Waals surface area contributed by atoms with Gasteiger partial charge in [-0.1, -0.05) is 11.6 Å². The van der Waals surface area contributed by atoms with E-state index in [0.717, 1.165) is 10.3 Å². The molecule has 0 saturated carbocycles. The molecule has 0 aliphatic carbocycles. The molecule has 0 unspecified atom stereocenters. The summed E-state index contributed by atoms with van der Waals surface area (Å²) < 4.78 is 7.64. The number of aromatic nitrogens is 4. The van der Waals surface area contributed by atoms with E-state index in [1.807, 2.05) is 0 Å². The summed E-state index contributed by atoms with van der Waals surface area (Å²) in [6, 6.07) is 10.5. The number of fused-ring (bicyclic) bond motifs is 1. The highest BCUT2D eigenvalue weighted by atomic mass is 35.5. The molecule has 4 rings (SSSR count). The lowest BCUT2D eigenvalue weighted by Gasteiger charge is -2.12. The summed E-state index contributed by atoms with van der Waals surface area (Å²) in [5, 5.41) is 3.38. The molecule has 0 spiro atoms. The van der Waals surface area contributed by atoms with Gasteiger partial charge < -0.3 is 9.73 Å². The maximum Gasteiger partial charge on any atom is 0.333 e. The molecule has 0 radical (unpaired) electrons. The van der Waals surface area contributed by atoms with Crippen molar-refractivity contribution in [2.75, 3.05) is 0 Å². The molecule has 10 heteroatoms. The minimum Gasteiger partial charge on any atom is -0.465 e. The van der Waals surface area contributed by atoms with Gasteiger partial charge in [0.25, 0.3) is 5.56 Å². The van der Waals surface area contributed by atoms with Crippen LogP contribution in [0, 0.1) is 6.92 Å². The number of furan rings is 1. The molecule has 0 atom stereocenters. The number of benzene rings is 1. The summed E-state index contributed by atoms with van der Waals surface area (Å²) in [7, 11) is 0. The van der Waals surface area contributed by atoms with Gasteiger partial charge in [-0.25, -0.2) is 14.8 Å². The van der Waals surface area contributed by atoms with Crippen LogP contribution in [0.15, 0.2) is 56.6 Å². The standard InChI is InChI=1S/C22H20ClN5O4/c1-3-27-20-17(11-25-19(26-20)14-5-7-15(23)8-6-14)21(30)28(22(27)31)12-18(29)24-10-16-9-4-13(2)32-16/h4-9,11H,3,10,12H2,1-2H3,(H,24,29). The average Bonchev–Trinajstić information content (AvgIpc) is 3.21. The first-order valence-corrected chi connectivity index (χ1v) is 10.3. The summed E-state index contributed by atoms with van der Waals surface area (Å²) >= 11 is 5.93. The lowest BCUT2D eigenvalue weighted by atomic mass is 10.2. The van der Waals surface area contributed by atoms with Crippen molar-refractivity contribution in [2.24, 2.45) is 0 Å². The molecule has 0 aliphatic rings. The Morgan fingerprint density at radius 2 is 1.88 bits per heavy atom. The van der Waals surface area contributed by atoms with E-state index < -0.39 is 23.7 Å². The molecular formula is C22H20ClN5O4. The van der Waals surface area contributed by atoms with Crippen molar-refractivity contribution in [1.82, 2.24) is 24.4 Å². The van der Waals surface area contributed by atoms with Gasteiger partial charge in [-0.05, 0) is 50.2 Å².